The number of nitriles is 1. The van der Waals surface area contributed by atoms with Crippen LogP contribution in [0.3, 0.4) is 0 Å². The van der Waals surface area contributed by atoms with E-state index in [-0.39, 0.29) is 28.5 Å². The van der Waals surface area contributed by atoms with E-state index in [2.05, 4.69) is 0 Å². The molecule has 0 aliphatic rings. The molecule has 0 saturated heterocycles. The molecule has 0 aliphatic heterocycles. The molecule has 0 bridgehead atoms. The first-order valence-electron chi connectivity index (χ1n) is 6.14. The van der Waals surface area contributed by atoms with Crippen molar-refractivity contribution in [3.05, 3.63) is 44.5 Å². The van der Waals surface area contributed by atoms with Gasteiger partial charge >= 0.3 is 5.97 Å². The summed E-state index contributed by atoms with van der Waals surface area (Å²) < 4.78 is 9.82. The minimum Gasteiger partial charge on any atom is -0.456 e. The minimum atomic E-state index is -0.852. The second-order valence-electron chi connectivity index (χ2n) is 4.30. The molecule has 0 N–H and O–H groups in total. The van der Waals surface area contributed by atoms with Gasteiger partial charge in [-0.2, -0.15) is 5.26 Å². The third kappa shape index (κ3) is 4.84. The third-order valence-corrected chi connectivity index (χ3v) is 2.88. The lowest BCUT2D eigenvalue weighted by Crippen LogP contribution is -2.20. The minimum absolute atomic E-state index is 0.177. The highest BCUT2D eigenvalue weighted by atomic mass is 35.5. The van der Waals surface area contributed by atoms with E-state index in [1.165, 1.54) is 25.3 Å². The molecular weight excluding hydrogens is 312 g/mol. The van der Waals surface area contributed by atoms with Crippen molar-refractivity contribution in [1.82, 2.24) is 0 Å². The van der Waals surface area contributed by atoms with Gasteiger partial charge in [-0.3, -0.25) is 10.1 Å². The summed E-state index contributed by atoms with van der Waals surface area (Å²) in [5.41, 5.74) is -0.330. The van der Waals surface area contributed by atoms with E-state index < -0.39 is 17.0 Å². The topological polar surface area (TPSA) is 102 Å². The highest BCUT2D eigenvalue weighted by Gasteiger charge is 2.16. The van der Waals surface area contributed by atoms with Crippen molar-refractivity contribution < 1.29 is 19.2 Å². The number of nitro benzene ring substituents is 1. The van der Waals surface area contributed by atoms with E-state index in [4.69, 9.17) is 26.3 Å². The first kappa shape index (κ1) is 17.6. The Morgan fingerprint density at radius 3 is 2.82 bits per heavy atom. The number of carbonyl (C=O) groups is 1. The van der Waals surface area contributed by atoms with Crippen molar-refractivity contribution in [3.8, 4) is 6.07 Å². The summed E-state index contributed by atoms with van der Waals surface area (Å²) in [6.07, 6.45) is 0.617. The van der Waals surface area contributed by atoms with E-state index in [0.717, 1.165) is 6.08 Å². The Labute approximate surface area is 131 Å². The summed E-state index contributed by atoms with van der Waals surface area (Å²) in [4.78, 5) is 22.0. The number of ether oxygens (including phenoxy) is 2. The van der Waals surface area contributed by atoms with Gasteiger partial charge in [0.1, 0.15) is 17.7 Å². The molecule has 0 spiro atoms. The Morgan fingerprint density at radius 1 is 1.59 bits per heavy atom. The molecule has 1 rings (SSSR count). The molecule has 116 valence electrons. The van der Waals surface area contributed by atoms with Crippen LogP contribution < -0.4 is 0 Å². The molecule has 0 amide bonds. The summed E-state index contributed by atoms with van der Waals surface area (Å²) in [5, 5.41) is 20.0. The van der Waals surface area contributed by atoms with Crippen molar-refractivity contribution in [2.45, 2.75) is 13.0 Å². The predicted molar refractivity (Wildman–Crippen MR) is 79.1 cm³/mol. The fourth-order valence-corrected chi connectivity index (χ4v) is 1.73. The largest absolute Gasteiger partial charge is 0.456 e. The van der Waals surface area contributed by atoms with Crippen molar-refractivity contribution in [2.75, 3.05) is 13.7 Å². The van der Waals surface area contributed by atoms with E-state index in [0.29, 0.717) is 0 Å². The molecule has 7 nitrogen and oxygen atoms in total. The smallest absolute Gasteiger partial charge is 0.349 e. The Hall–Kier alpha value is -2.43. The van der Waals surface area contributed by atoms with Crippen molar-refractivity contribution in [2.24, 2.45) is 0 Å². The van der Waals surface area contributed by atoms with Crippen LogP contribution in [0.5, 0.6) is 0 Å². The van der Waals surface area contributed by atoms with E-state index in [1.807, 2.05) is 0 Å². The monoisotopic (exact) mass is 324 g/mol. The second kappa shape index (κ2) is 8.12. The van der Waals surface area contributed by atoms with Crippen molar-refractivity contribution >= 4 is 29.3 Å². The molecular formula is C14H13ClN2O5. The molecule has 1 aromatic rings. The number of nitrogens with zero attached hydrogens (tertiary/aromatic N) is 2. The van der Waals surface area contributed by atoms with Gasteiger partial charge in [-0.05, 0) is 19.1 Å². The van der Waals surface area contributed by atoms with Crippen LogP contribution in [0.4, 0.5) is 5.69 Å². The van der Waals surface area contributed by atoms with Crippen LogP contribution in [-0.2, 0) is 14.3 Å². The zero-order valence-corrected chi connectivity index (χ0v) is 12.7. The number of non-ortho nitro benzene ring substituents is 1. The highest BCUT2D eigenvalue weighted by Crippen LogP contribution is 2.24. The zero-order valence-electron chi connectivity index (χ0n) is 11.9. The Kier molecular flexibility index (Phi) is 6.50. The molecule has 8 heteroatoms. The first-order valence-corrected chi connectivity index (χ1v) is 6.52. The number of halogens is 1. The van der Waals surface area contributed by atoms with E-state index >= 15 is 0 Å². The van der Waals surface area contributed by atoms with Gasteiger partial charge in [-0.15, -0.1) is 0 Å². The number of methoxy groups -OCH3 is 1. The Morgan fingerprint density at radius 2 is 2.27 bits per heavy atom. The number of nitro groups is 1. The van der Waals surface area contributed by atoms with Crippen LogP contribution in [-0.4, -0.2) is 30.7 Å². The number of esters is 1. The average Bonchev–Trinajstić information content (AvgIpc) is 2.46. The number of hydrogen-bond donors (Lipinski definition) is 0. The molecule has 0 radical (unpaired) electrons. The SMILES string of the molecule is COC[C@@H](C)OC(=O)/C(C#N)=C/c1cc([N+](=O)[O-])ccc1Cl. The molecule has 0 aromatic heterocycles. The van der Waals surface area contributed by atoms with Crippen LogP contribution in [0.15, 0.2) is 23.8 Å². The molecule has 0 unspecified atom stereocenters. The van der Waals surface area contributed by atoms with Crippen LogP contribution in [0.1, 0.15) is 12.5 Å². The molecule has 0 fully saturated rings. The maximum atomic E-state index is 11.8. The fraction of sp³-hybridized carbons (Fsp3) is 0.286. The zero-order chi connectivity index (χ0) is 16.7. The first-order chi connectivity index (χ1) is 10.4. The Bertz CT molecular complexity index is 651. The maximum Gasteiger partial charge on any atom is 0.349 e. The molecule has 0 saturated carbocycles. The van der Waals surface area contributed by atoms with Gasteiger partial charge < -0.3 is 9.47 Å². The second-order valence-corrected chi connectivity index (χ2v) is 4.71. The molecule has 1 aromatic carbocycles. The lowest BCUT2D eigenvalue weighted by Gasteiger charge is -2.11. The van der Waals surface area contributed by atoms with Gasteiger partial charge in [0.05, 0.1) is 11.5 Å². The van der Waals surface area contributed by atoms with Gasteiger partial charge in [0.25, 0.3) is 5.69 Å². The highest BCUT2D eigenvalue weighted by molar-refractivity contribution is 6.32. The average molecular weight is 325 g/mol. The number of carbonyl (C=O) groups excluding carboxylic acids is 1. The molecule has 1 atom stereocenters. The summed E-state index contributed by atoms with van der Waals surface area (Å²) in [5.74, 6) is -0.852. The van der Waals surface area contributed by atoms with Crippen LogP contribution in [0, 0.1) is 21.4 Å². The van der Waals surface area contributed by atoms with Crippen LogP contribution in [0.25, 0.3) is 6.08 Å². The van der Waals surface area contributed by atoms with Gasteiger partial charge in [0.2, 0.25) is 0 Å². The Balaban J connectivity index is 3.07. The molecule has 0 aliphatic carbocycles. The summed E-state index contributed by atoms with van der Waals surface area (Å²) >= 11 is 5.91. The number of benzene rings is 1. The third-order valence-electron chi connectivity index (χ3n) is 2.54. The van der Waals surface area contributed by atoms with E-state index in [9.17, 15) is 14.9 Å². The number of rotatable bonds is 6. The van der Waals surface area contributed by atoms with Gasteiger partial charge in [0, 0.05) is 29.8 Å². The fourth-order valence-electron chi connectivity index (χ4n) is 1.56. The normalized spacial score (nSPS) is 12.4. The summed E-state index contributed by atoms with van der Waals surface area (Å²) in [6.45, 7) is 1.79. The summed E-state index contributed by atoms with van der Waals surface area (Å²) in [6, 6.07) is 5.41. The van der Waals surface area contributed by atoms with Crippen LogP contribution >= 0.6 is 11.6 Å². The lowest BCUT2D eigenvalue weighted by atomic mass is 10.1. The van der Waals surface area contributed by atoms with Crippen molar-refractivity contribution in [3.63, 3.8) is 0 Å². The lowest BCUT2D eigenvalue weighted by molar-refractivity contribution is -0.384. The quantitative estimate of drug-likeness (QED) is 0.262. The van der Waals surface area contributed by atoms with Gasteiger partial charge in [-0.25, -0.2) is 4.79 Å². The van der Waals surface area contributed by atoms with E-state index in [1.54, 1.807) is 13.0 Å². The standard InChI is InChI=1S/C14H13ClN2O5/c1-9(8-21-2)22-14(18)11(7-16)5-10-6-12(17(19)20)3-4-13(10)15/h3-6,9H,8H2,1-2H3/b11-5+/t9-/m1/s1. The van der Waals surface area contributed by atoms with Gasteiger partial charge in [0.15, 0.2) is 0 Å². The summed E-state index contributed by atoms with van der Waals surface area (Å²) in [7, 11) is 1.45. The molecule has 22 heavy (non-hydrogen) atoms. The predicted octanol–water partition coefficient (Wildman–Crippen LogP) is 2.73. The van der Waals surface area contributed by atoms with Crippen LogP contribution in [0.2, 0.25) is 5.02 Å². The molecule has 0 heterocycles. The van der Waals surface area contributed by atoms with Crippen molar-refractivity contribution in [1.29, 1.82) is 5.26 Å². The van der Waals surface area contributed by atoms with Gasteiger partial charge in [-0.1, -0.05) is 11.6 Å². The maximum absolute atomic E-state index is 11.8. The number of hydrogen-bond acceptors (Lipinski definition) is 6.